The van der Waals surface area contributed by atoms with Crippen molar-refractivity contribution in [3.05, 3.63) is 66.7 Å². The number of nitrogens with one attached hydrogen (secondary N) is 2. The first-order valence-corrected chi connectivity index (χ1v) is 12.2. The van der Waals surface area contributed by atoms with Crippen LogP contribution in [0.5, 0.6) is 0 Å². The molecule has 10 nitrogen and oxygen atoms in total. The summed E-state index contributed by atoms with van der Waals surface area (Å²) in [5.41, 5.74) is 2.86. The number of carbonyl (C=O) groups is 1. The maximum absolute atomic E-state index is 12.2. The highest BCUT2D eigenvalue weighted by molar-refractivity contribution is 5.78. The first-order valence-electron chi connectivity index (χ1n) is 12.2. The summed E-state index contributed by atoms with van der Waals surface area (Å²) in [4.78, 5) is 32.4. The number of piperidine rings is 1. The lowest BCUT2D eigenvalue weighted by Crippen LogP contribution is -2.35. The summed E-state index contributed by atoms with van der Waals surface area (Å²) >= 11 is 0. The second-order valence-electron chi connectivity index (χ2n) is 9.64. The summed E-state index contributed by atoms with van der Waals surface area (Å²) in [5, 5.41) is 6.31. The van der Waals surface area contributed by atoms with Crippen LogP contribution in [-0.4, -0.2) is 49.7 Å². The van der Waals surface area contributed by atoms with E-state index in [2.05, 4.69) is 48.9 Å². The van der Waals surface area contributed by atoms with Gasteiger partial charge in [0.15, 0.2) is 0 Å². The number of hydrogen-bond donors (Lipinski definition) is 2. The molecule has 1 amide bonds. The number of amides is 1. The van der Waals surface area contributed by atoms with Gasteiger partial charge < -0.3 is 24.8 Å². The van der Waals surface area contributed by atoms with E-state index in [-0.39, 0.29) is 18.7 Å². The van der Waals surface area contributed by atoms with Gasteiger partial charge in [0, 0.05) is 49.3 Å². The molecule has 184 valence electrons. The number of rotatable bonds is 7. The highest BCUT2D eigenvalue weighted by Crippen LogP contribution is 2.46. The number of hydrogen-bond acceptors (Lipinski definition) is 8. The van der Waals surface area contributed by atoms with Gasteiger partial charge in [0.05, 0.1) is 18.0 Å². The summed E-state index contributed by atoms with van der Waals surface area (Å²) in [6.07, 6.45) is 5.00. The number of anilines is 3. The number of benzene rings is 1. The molecule has 1 aliphatic carbocycles. The molecule has 4 aromatic rings. The lowest BCUT2D eigenvalue weighted by Gasteiger charge is -2.20. The van der Waals surface area contributed by atoms with Crippen molar-refractivity contribution in [3.63, 3.8) is 0 Å². The van der Waals surface area contributed by atoms with Crippen molar-refractivity contribution in [3.8, 4) is 0 Å². The van der Waals surface area contributed by atoms with Crippen molar-refractivity contribution in [2.45, 2.75) is 32.5 Å². The number of carbonyl (C=O) groups excluding carboxylic acids is 1. The Kier molecular flexibility index (Phi) is 5.63. The molecule has 2 aliphatic rings. The molecule has 1 aromatic carbocycles. The quantitative estimate of drug-likeness (QED) is 0.406. The van der Waals surface area contributed by atoms with Gasteiger partial charge >= 0.3 is 6.09 Å². The Bertz CT molecular complexity index is 1380. The number of imidazole rings is 1. The lowest BCUT2D eigenvalue weighted by atomic mass is 10.2. The molecule has 0 radical (unpaired) electrons. The van der Waals surface area contributed by atoms with Crippen molar-refractivity contribution in [2.24, 2.45) is 11.8 Å². The molecule has 4 heterocycles. The summed E-state index contributed by atoms with van der Waals surface area (Å²) in [5.74, 6) is 2.83. The largest absolute Gasteiger partial charge is 0.445 e. The Hall–Kier alpha value is -4.21. The van der Waals surface area contributed by atoms with Gasteiger partial charge in [0.25, 0.3) is 0 Å². The fourth-order valence-electron chi connectivity index (χ4n) is 4.92. The zero-order valence-corrected chi connectivity index (χ0v) is 20.2. The number of nitrogens with zero attached hydrogens (tertiary/aromatic N) is 6. The SMILES string of the molecule is CC(C)n1cnc2cnc(Nc3ccnc(N4CC5C(C4)C5NC(=O)OCc4ccccc4)n3)cc21. The third-order valence-corrected chi connectivity index (χ3v) is 6.89. The smallest absolute Gasteiger partial charge is 0.407 e. The van der Waals surface area contributed by atoms with E-state index in [0.717, 1.165) is 29.7 Å². The number of ether oxygens (including phenoxy) is 1. The minimum Gasteiger partial charge on any atom is -0.445 e. The van der Waals surface area contributed by atoms with Crippen LogP contribution in [0.4, 0.5) is 22.4 Å². The van der Waals surface area contributed by atoms with Gasteiger partial charge in [-0.05, 0) is 25.5 Å². The average molecular weight is 485 g/mol. The van der Waals surface area contributed by atoms with Gasteiger partial charge in [-0.2, -0.15) is 4.98 Å². The predicted molar refractivity (Wildman–Crippen MR) is 136 cm³/mol. The van der Waals surface area contributed by atoms with E-state index in [1.807, 2.05) is 48.8 Å². The molecule has 2 fully saturated rings. The maximum atomic E-state index is 12.2. The molecule has 1 saturated heterocycles. The van der Waals surface area contributed by atoms with E-state index in [0.29, 0.717) is 35.5 Å². The molecule has 2 N–H and O–H groups in total. The van der Waals surface area contributed by atoms with Crippen LogP contribution in [0.15, 0.2) is 61.2 Å². The minimum atomic E-state index is -0.365. The highest BCUT2D eigenvalue weighted by Gasteiger charge is 2.57. The van der Waals surface area contributed by atoms with Crippen LogP contribution in [-0.2, 0) is 11.3 Å². The molecule has 3 aromatic heterocycles. The van der Waals surface area contributed by atoms with Crippen LogP contribution < -0.4 is 15.5 Å². The van der Waals surface area contributed by atoms with Crippen LogP contribution in [0.25, 0.3) is 11.0 Å². The van der Waals surface area contributed by atoms with Crippen LogP contribution in [0.2, 0.25) is 0 Å². The maximum Gasteiger partial charge on any atom is 0.407 e. The van der Waals surface area contributed by atoms with E-state index < -0.39 is 0 Å². The molecule has 1 saturated carbocycles. The average Bonchev–Trinajstić information content (AvgIpc) is 3.23. The van der Waals surface area contributed by atoms with Gasteiger partial charge in [-0.15, -0.1) is 0 Å². The molecule has 2 atom stereocenters. The Balaban J connectivity index is 1.04. The van der Waals surface area contributed by atoms with Gasteiger partial charge in [-0.25, -0.2) is 19.7 Å². The fourth-order valence-corrected chi connectivity index (χ4v) is 4.92. The molecule has 6 rings (SSSR count). The van der Waals surface area contributed by atoms with Crippen molar-refractivity contribution in [1.29, 1.82) is 0 Å². The second kappa shape index (κ2) is 9.10. The van der Waals surface area contributed by atoms with Gasteiger partial charge in [0.1, 0.15) is 23.8 Å². The highest BCUT2D eigenvalue weighted by atomic mass is 16.5. The molecule has 10 heteroatoms. The fraction of sp³-hybridized carbons (Fsp3) is 0.346. The van der Waals surface area contributed by atoms with E-state index >= 15 is 0 Å². The Labute approximate surface area is 208 Å². The summed E-state index contributed by atoms with van der Waals surface area (Å²) < 4.78 is 7.48. The first kappa shape index (κ1) is 22.3. The Morgan fingerprint density at radius 1 is 1.08 bits per heavy atom. The van der Waals surface area contributed by atoms with Crippen molar-refractivity contribution < 1.29 is 9.53 Å². The van der Waals surface area contributed by atoms with Gasteiger partial charge in [-0.1, -0.05) is 30.3 Å². The molecule has 36 heavy (non-hydrogen) atoms. The van der Waals surface area contributed by atoms with E-state index in [1.165, 1.54) is 0 Å². The second-order valence-corrected chi connectivity index (χ2v) is 9.64. The predicted octanol–water partition coefficient (Wildman–Crippen LogP) is 3.91. The first-order chi connectivity index (χ1) is 17.5. The monoisotopic (exact) mass is 484 g/mol. The lowest BCUT2D eigenvalue weighted by molar-refractivity contribution is 0.138. The van der Waals surface area contributed by atoms with Crippen LogP contribution in [0.3, 0.4) is 0 Å². The third-order valence-electron chi connectivity index (χ3n) is 6.89. The summed E-state index contributed by atoms with van der Waals surface area (Å²) in [6, 6.07) is 14.0. The summed E-state index contributed by atoms with van der Waals surface area (Å²) in [6.45, 7) is 6.13. The standard InChI is InChI=1S/C26H28N8O2/c1-16(2)34-15-29-20-11-28-23(10-21(20)34)30-22-8-9-27-25(31-22)33-12-18-19(13-33)24(18)32-26(35)36-14-17-6-4-3-5-7-17/h3-11,15-16,18-19,24H,12-14H2,1-2H3,(H,32,35)(H,27,28,30,31). The van der Waals surface area contributed by atoms with Crippen molar-refractivity contribution in [1.82, 2.24) is 29.8 Å². The van der Waals surface area contributed by atoms with Gasteiger partial charge in [-0.3, -0.25) is 0 Å². The van der Waals surface area contributed by atoms with Gasteiger partial charge in [0.2, 0.25) is 5.95 Å². The molecule has 1 aliphatic heterocycles. The zero-order chi connectivity index (χ0) is 24.6. The number of alkyl carbamates (subject to hydrolysis) is 1. The third kappa shape index (κ3) is 4.41. The molecule has 0 bridgehead atoms. The van der Waals surface area contributed by atoms with Crippen LogP contribution >= 0.6 is 0 Å². The molecular weight excluding hydrogens is 456 g/mol. The molecule has 2 unspecified atom stereocenters. The number of pyridine rings is 1. The van der Waals surface area contributed by atoms with Crippen LogP contribution in [0.1, 0.15) is 25.5 Å². The number of fused-ring (bicyclic) bond motifs is 2. The van der Waals surface area contributed by atoms with Crippen molar-refractivity contribution >= 4 is 34.7 Å². The van der Waals surface area contributed by atoms with E-state index in [9.17, 15) is 4.79 Å². The summed E-state index contributed by atoms with van der Waals surface area (Å²) in [7, 11) is 0. The number of aromatic nitrogens is 5. The van der Waals surface area contributed by atoms with E-state index in [4.69, 9.17) is 9.72 Å². The minimum absolute atomic E-state index is 0.146. The zero-order valence-electron chi connectivity index (χ0n) is 20.2. The Morgan fingerprint density at radius 2 is 1.89 bits per heavy atom. The molecule has 0 spiro atoms. The van der Waals surface area contributed by atoms with Crippen LogP contribution in [0, 0.1) is 11.8 Å². The van der Waals surface area contributed by atoms with Crippen molar-refractivity contribution in [2.75, 3.05) is 23.3 Å². The molecular formula is C26H28N8O2. The topological polar surface area (TPSA) is 110 Å². The van der Waals surface area contributed by atoms with E-state index in [1.54, 1.807) is 12.4 Å². The Morgan fingerprint density at radius 3 is 2.67 bits per heavy atom. The normalized spacial score (nSPS) is 20.4.